The van der Waals surface area contributed by atoms with Crippen LogP contribution in [0, 0.1) is 5.92 Å². The molecule has 3 aliphatic rings. The van der Waals surface area contributed by atoms with Crippen LogP contribution in [0.1, 0.15) is 80.7 Å². The molecule has 2 saturated heterocycles. The van der Waals surface area contributed by atoms with Gasteiger partial charge in [0.05, 0.1) is 11.2 Å². The average Bonchev–Trinajstić information content (AvgIpc) is 3.54. The van der Waals surface area contributed by atoms with Crippen molar-refractivity contribution in [1.82, 2.24) is 30.3 Å². The summed E-state index contributed by atoms with van der Waals surface area (Å²) in [6.45, 7) is 5.54. The summed E-state index contributed by atoms with van der Waals surface area (Å²) in [6.07, 6.45) is 13.5. The van der Waals surface area contributed by atoms with Crippen molar-refractivity contribution in [3.63, 3.8) is 0 Å². The average molecular weight is 629 g/mol. The number of hydrogen-bond acceptors (Lipinski definition) is 7. The van der Waals surface area contributed by atoms with Gasteiger partial charge in [0, 0.05) is 76.4 Å². The van der Waals surface area contributed by atoms with Gasteiger partial charge in [0.15, 0.2) is 11.5 Å². The molecule has 1 aliphatic carbocycles. The third-order valence-electron chi connectivity index (χ3n) is 10.2. The van der Waals surface area contributed by atoms with Crippen LogP contribution in [-0.2, 0) is 4.79 Å². The zero-order chi connectivity index (χ0) is 31.9. The number of benzene rings is 1. The van der Waals surface area contributed by atoms with E-state index in [0.717, 1.165) is 99.9 Å². The van der Waals surface area contributed by atoms with E-state index in [1.807, 2.05) is 24.3 Å². The summed E-state index contributed by atoms with van der Waals surface area (Å²) in [5, 5.41) is 15.6. The van der Waals surface area contributed by atoms with Gasteiger partial charge in [0.2, 0.25) is 0 Å². The van der Waals surface area contributed by atoms with Crippen molar-refractivity contribution in [2.45, 2.75) is 76.3 Å². The van der Waals surface area contributed by atoms with Crippen LogP contribution in [0.3, 0.4) is 0 Å². The van der Waals surface area contributed by atoms with Crippen LogP contribution in [0.15, 0.2) is 42.6 Å². The Morgan fingerprint density at radius 2 is 1.72 bits per heavy atom. The molecule has 11 heteroatoms. The fourth-order valence-electron chi connectivity index (χ4n) is 7.59. The van der Waals surface area contributed by atoms with Gasteiger partial charge in [-0.3, -0.25) is 9.69 Å². The topological polar surface area (TPSA) is 116 Å². The molecule has 3 amide bonds. The Morgan fingerprint density at radius 3 is 2.41 bits per heavy atom. The Bertz CT molecular complexity index is 1470. The molecule has 2 aliphatic heterocycles. The minimum absolute atomic E-state index is 0.109. The summed E-state index contributed by atoms with van der Waals surface area (Å²) >= 11 is 0. The molecule has 1 aromatic carbocycles. The molecule has 6 rings (SSSR count). The Labute approximate surface area is 271 Å². The van der Waals surface area contributed by atoms with Gasteiger partial charge in [-0.25, -0.2) is 4.79 Å². The van der Waals surface area contributed by atoms with E-state index in [1.165, 1.54) is 19.3 Å². The molecule has 3 fully saturated rings. The molecule has 0 unspecified atom stereocenters. The van der Waals surface area contributed by atoms with Crippen LogP contribution in [-0.4, -0.2) is 90.2 Å². The van der Waals surface area contributed by atoms with Gasteiger partial charge >= 0.3 is 6.03 Å². The monoisotopic (exact) mass is 628 g/mol. The number of urea groups is 1. The Kier molecular flexibility index (Phi) is 10.5. The maximum Gasteiger partial charge on any atom is 0.321 e. The third kappa shape index (κ3) is 7.35. The highest BCUT2D eigenvalue weighted by molar-refractivity contribution is 6.02. The van der Waals surface area contributed by atoms with E-state index in [9.17, 15) is 14.4 Å². The molecule has 2 aromatic heterocycles. The second kappa shape index (κ2) is 15.1. The molecule has 0 bridgehead atoms. The molecular weight excluding hydrogens is 580 g/mol. The predicted octanol–water partition coefficient (Wildman–Crippen LogP) is 4.78. The standard InChI is InChI=1S/C35H48N8O3/c1-36-35(46)43(18-6-24-44)32-10-5-9-31-29(32)17-23-42(31)28-15-19-40(20-16-28)25-26-13-21-41(22-14-26)33-12-11-30(38-39-33)34(45)37-27-7-3-2-4-8-27/h5,9-12,17,23-24,26-28H,2-4,6-8,13-16,18-22,25H2,1H3,(H,36,46)(H,37,45). The molecule has 4 heterocycles. The fraction of sp³-hybridized carbons (Fsp3) is 0.571. The second-order valence-electron chi connectivity index (χ2n) is 13.1. The van der Waals surface area contributed by atoms with Crippen molar-refractivity contribution in [1.29, 1.82) is 0 Å². The Morgan fingerprint density at radius 1 is 0.935 bits per heavy atom. The van der Waals surface area contributed by atoms with Gasteiger partial charge in [-0.05, 0) is 74.8 Å². The number of carbonyl (C=O) groups is 3. The molecule has 0 radical (unpaired) electrons. The van der Waals surface area contributed by atoms with Crippen molar-refractivity contribution in [3.05, 3.63) is 48.3 Å². The quantitative estimate of drug-likeness (QED) is 0.311. The summed E-state index contributed by atoms with van der Waals surface area (Å²) in [5.41, 5.74) is 2.37. The van der Waals surface area contributed by atoms with Crippen molar-refractivity contribution >= 4 is 40.6 Å². The minimum Gasteiger partial charge on any atom is -0.355 e. The first kappa shape index (κ1) is 32.0. The van der Waals surface area contributed by atoms with E-state index in [4.69, 9.17) is 0 Å². The normalized spacial score (nSPS) is 18.8. The molecule has 2 N–H and O–H groups in total. The Balaban J connectivity index is 0.980. The lowest BCUT2D eigenvalue weighted by molar-refractivity contribution is -0.107. The van der Waals surface area contributed by atoms with Gasteiger partial charge in [0.25, 0.3) is 5.91 Å². The first-order valence-corrected chi connectivity index (χ1v) is 17.2. The number of carbonyl (C=O) groups excluding carboxylic acids is 3. The number of likely N-dealkylation sites (tertiary alicyclic amines) is 1. The fourth-order valence-corrected chi connectivity index (χ4v) is 7.59. The van der Waals surface area contributed by atoms with Gasteiger partial charge in [0.1, 0.15) is 6.29 Å². The van der Waals surface area contributed by atoms with Crippen LogP contribution in [0.5, 0.6) is 0 Å². The summed E-state index contributed by atoms with van der Waals surface area (Å²) in [4.78, 5) is 42.9. The third-order valence-corrected chi connectivity index (χ3v) is 10.2. The van der Waals surface area contributed by atoms with Crippen molar-refractivity contribution in [2.75, 3.05) is 56.1 Å². The minimum atomic E-state index is -0.207. The maximum absolute atomic E-state index is 12.6. The number of fused-ring (bicyclic) bond motifs is 1. The number of aldehydes is 1. The summed E-state index contributed by atoms with van der Waals surface area (Å²) in [6, 6.07) is 12.4. The zero-order valence-electron chi connectivity index (χ0n) is 27.1. The van der Waals surface area contributed by atoms with Gasteiger partial charge < -0.3 is 29.8 Å². The van der Waals surface area contributed by atoms with Crippen LogP contribution >= 0.6 is 0 Å². The highest BCUT2D eigenvalue weighted by Crippen LogP contribution is 2.34. The van der Waals surface area contributed by atoms with Crippen LogP contribution < -0.4 is 20.4 Å². The molecule has 1 saturated carbocycles. The van der Waals surface area contributed by atoms with Gasteiger partial charge in [-0.2, -0.15) is 0 Å². The number of piperidine rings is 2. The van der Waals surface area contributed by atoms with Crippen molar-refractivity contribution in [2.24, 2.45) is 5.92 Å². The lowest BCUT2D eigenvalue weighted by Crippen LogP contribution is -2.42. The molecular formula is C35H48N8O3. The zero-order valence-corrected chi connectivity index (χ0v) is 27.1. The number of hydrogen-bond donors (Lipinski definition) is 2. The van der Waals surface area contributed by atoms with E-state index in [2.05, 4.69) is 53.5 Å². The van der Waals surface area contributed by atoms with E-state index >= 15 is 0 Å². The van der Waals surface area contributed by atoms with E-state index in [1.54, 1.807) is 11.9 Å². The number of anilines is 2. The number of rotatable bonds is 10. The maximum atomic E-state index is 12.6. The van der Waals surface area contributed by atoms with Gasteiger partial charge in [-0.15, -0.1) is 10.2 Å². The number of amides is 3. The molecule has 3 aromatic rings. The largest absolute Gasteiger partial charge is 0.355 e. The Hall–Kier alpha value is -3.99. The van der Waals surface area contributed by atoms with E-state index in [-0.39, 0.29) is 18.0 Å². The van der Waals surface area contributed by atoms with Crippen LogP contribution in [0.4, 0.5) is 16.3 Å². The number of aromatic nitrogens is 3. The molecule has 246 valence electrons. The van der Waals surface area contributed by atoms with Crippen LogP contribution in [0.25, 0.3) is 10.9 Å². The molecule has 46 heavy (non-hydrogen) atoms. The molecule has 11 nitrogen and oxygen atoms in total. The smallest absolute Gasteiger partial charge is 0.321 e. The van der Waals surface area contributed by atoms with Gasteiger partial charge in [-0.1, -0.05) is 25.3 Å². The number of nitrogens with zero attached hydrogens (tertiary/aromatic N) is 6. The first-order valence-electron chi connectivity index (χ1n) is 17.2. The van der Waals surface area contributed by atoms with E-state index in [0.29, 0.717) is 30.6 Å². The summed E-state index contributed by atoms with van der Waals surface area (Å²) in [5.74, 6) is 1.41. The summed E-state index contributed by atoms with van der Waals surface area (Å²) in [7, 11) is 1.62. The SMILES string of the molecule is CNC(=O)N(CCC=O)c1cccc2c1ccn2C1CCN(CC2CCN(c3ccc(C(=O)NC4CCCCC4)nn3)CC2)CC1. The van der Waals surface area contributed by atoms with Crippen LogP contribution in [0.2, 0.25) is 0 Å². The molecule has 0 spiro atoms. The lowest BCUT2D eigenvalue weighted by Gasteiger charge is -2.38. The van der Waals surface area contributed by atoms with Crippen molar-refractivity contribution < 1.29 is 14.4 Å². The highest BCUT2D eigenvalue weighted by atomic mass is 16.2. The lowest BCUT2D eigenvalue weighted by atomic mass is 9.94. The highest BCUT2D eigenvalue weighted by Gasteiger charge is 2.27. The summed E-state index contributed by atoms with van der Waals surface area (Å²) < 4.78 is 2.38. The second-order valence-corrected chi connectivity index (χ2v) is 13.1. The first-order chi connectivity index (χ1) is 22.5. The predicted molar refractivity (Wildman–Crippen MR) is 180 cm³/mol. The van der Waals surface area contributed by atoms with E-state index < -0.39 is 0 Å². The number of nitrogens with one attached hydrogen (secondary N) is 2. The van der Waals surface area contributed by atoms with Crippen molar-refractivity contribution in [3.8, 4) is 0 Å². The molecule has 0 atom stereocenters.